The Hall–Kier alpha value is -4.37. The number of hydrogen-bond acceptors (Lipinski definition) is 7. The van der Waals surface area contributed by atoms with Gasteiger partial charge < -0.3 is 9.47 Å². The van der Waals surface area contributed by atoms with Crippen LogP contribution in [0.15, 0.2) is 71.2 Å². The zero-order valence-corrected chi connectivity index (χ0v) is 25.8. The number of rotatable bonds is 7. The number of aromatic nitrogens is 1. The molecule has 2 heterocycles. The molecule has 2 aliphatic carbocycles. The van der Waals surface area contributed by atoms with Gasteiger partial charge in [0.2, 0.25) is 11.8 Å². The predicted octanol–water partition coefficient (Wildman–Crippen LogP) is 6.56. The monoisotopic (exact) mass is 652 g/mol. The number of carbonyl (C=O) groups is 4. The quantitative estimate of drug-likeness (QED) is 0.127. The first-order valence-corrected chi connectivity index (χ1v) is 15.5. The minimum atomic E-state index is -0.654. The van der Waals surface area contributed by atoms with Gasteiger partial charge in [0.15, 0.2) is 12.4 Å². The molecule has 0 N–H and O–H groups in total. The molecule has 9 heteroatoms. The molecule has 3 fully saturated rings. The maximum absolute atomic E-state index is 13.5. The van der Waals surface area contributed by atoms with E-state index in [-0.39, 0.29) is 35.0 Å². The molecule has 8 nitrogen and oxygen atoms in total. The largest absolute Gasteiger partial charge is 0.497 e. The van der Waals surface area contributed by atoms with Crippen molar-refractivity contribution in [1.29, 1.82) is 0 Å². The molecule has 1 aliphatic heterocycles. The highest BCUT2D eigenvalue weighted by atomic mass is 79.9. The number of imide groups is 1. The summed E-state index contributed by atoms with van der Waals surface area (Å²) in [5.41, 5.74) is 3.90. The van der Waals surface area contributed by atoms with Crippen LogP contribution in [-0.2, 0) is 14.3 Å². The fourth-order valence-electron chi connectivity index (χ4n) is 7.31. The Labute approximate surface area is 262 Å². The Morgan fingerprint density at radius 1 is 0.955 bits per heavy atom. The van der Waals surface area contributed by atoms with E-state index in [1.165, 1.54) is 12.0 Å². The van der Waals surface area contributed by atoms with Crippen LogP contribution in [0.2, 0.25) is 0 Å². The molecule has 0 radical (unpaired) electrons. The molecular formula is C35H29BrN2O6. The highest BCUT2D eigenvalue weighted by Gasteiger charge is 2.61. The number of anilines is 1. The summed E-state index contributed by atoms with van der Waals surface area (Å²) in [5.74, 6) is -0.377. The first kappa shape index (κ1) is 28.4. The Balaban J connectivity index is 1.18. The molecule has 1 aromatic heterocycles. The predicted molar refractivity (Wildman–Crippen MR) is 168 cm³/mol. The number of ether oxygens (including phenoxy) is 2. The molecule has 4 atom stereocenters. The van der Waals surface area contributed by atoms with Crippen LogP contribution in [0.1, 0.15) is 45.5 Å². The maximum Gasteiger partial charge on any atom is 0.339 e. The van der Waals surface area contributed by atoms with Gasteiger partial charge in [-0.15, -0.1) is 0 Å². The van der Waals surface area contributed by atoms with Crippen LogP contribution in [0, 0.1) is 30.6 Å². The van der Waals surface area contributed by atoms with Gasteiger partial charge in [-0.3, -0.25) is 19.3 Å². The number of carbonyl (C=O) groups excluding carboxylic acids is 4. The molecule has 2 amide bonds. The molecule has 2 saturated carbocycles. The van der Waals surface area contributed by atoms with Gasteiger partial charge in [0.25, 0.3) is 0 Å². The fourth-order valence-corrected chi connectivity index (χ4v) is 7.88. The number of fused-ring (bicyclic) bond motifs is 6. The van der Waals surface area contributed by atoms with Crippen LogP contribution in [0.4, 0.5) is 5.69 Å². The molecule has 222 valence electrons. The zero-order valence-electron chi connectivity index (χ0n) is 24.2. The third-order valence-electron chi connectivity index (χ3n) is 9.36. The molecule has 44 heavy (non-hydrogen) atoms. The number of Topliss-reactive ketones (excluding diaryl/α,β-unsaturated/α-hetero) is 1. The third kappa shape index (κ3) is 4.70. The van der Waals surface area contributed by atoms with Crippen molar-refractivity contribution in [3.05, 3.63) is 87.9 Å². The number of amides is 2. The van der Waals surface area contributed by atoms with Gasteiger partial charge in [-0.25, -0.2) is 9.78 Å². The van der Waals surface area contributed by atoms with Gasteiger partial charge in [-0.05, 0) is 86.1 Å². The van der Waals surface area contributed by atoms with Crippen molar-refractivity contribution in [3.63, 3.8) is 0 Å². The van der Waals surface area contributed by atoms with Crippen LogP contribution in [0.25, 0.3) is 22.2 Å². The van der Waals surface area contributed by atoms with Crippen molar-refractivity contribution in [2.45, 2.75) is 26.2 Å². The van der Waals surface area contributed by atoms with E-state index in [0.29, 0.717) is 51.0 Å². The number of methoxy groups -OCH3 is 1. The van der Waals surface area contributed by atoms with Gasteiger partial charge in [0.05, 0.1) is 41.4 Å². The van der Waals surface area contributed by atoms with E-state index in [9.17, 15) is 19.2 Å². The fraction of sp³-hybridized carbons (Fsp3) is 0.286. The average Bonchev–Trinajstić information content (AvgIpc) is 3.72. The molecule has 1 saturated heterocycles. The molecule has 0 spiro atoms. The van der Waals surface area contributed by atoms with E-state index in [4.69, 9.17) is 14.5 Å². The lowest BCUT2D eigenvalue weighted by Crippen LogP contribution is -2.32. The van der Waals surface area contributed by atoms with Crippen LogP contribution >= 0.6 is 15.9 Å². The molecule has 7 rings (SSSR count). The molecule has 3 aliphatic rings. The summed E-state index contributed by atoms with van der Waals surface area (Å²) < 4.78 is 11.5. The summed E-state index contributed by atoms with van der Waals surface area (Å²) in [6.45, 7) is 1.47. The van der Waals surface area contributed by atoms with E-state index in [0.717, 1.165) is 29.3 Å². The van der Waals surface area contributed by atoms with Crippen LogP contribution in [0.5, 0.6) is 5.75 Å². The van der Waals surface area contributed by atoms with Crippen LogP contribution < -0.4 is 9.64 Å². The Morgan fingerprint density at radius 2 is 1.66 bits per heavy atom. The average molecular weight is 654 g/mol. The van der Waals surface area contributed by atoms with Gasteiger partial charge >= 0.3 is 5.97 Å². The SMILES string of the molecule is COc1cccc(C(=O)COC(=O)c2cc(-c3ccc(N4C(=O)C5C6CCC(C6)C5C4=O)cc3)nc3c(C)cc(Br)cc23)c1. The highest BCUT2D eigenvalue weighted by Crippen LogP contribution is 2.56. The highest BCUT2D eigenvalue weighted by molar-refractivity contribution is 9.10. The molecule has 2 bridgehead atoms. The first-order chi connectivity index (χ1) is 21.2. The topological polar surface area (TPSA) is 103 Å². The number of halogens is 1. The maximum atomic E-state index is 13.5. The minimum absolute atomic E-state index is 0.0847. The van der Waals surface area contributed by atoms with Crippen molar-refractivity contribution in [2.75, 3.05) is 18.6 Å². The lowest BCUT2D eigenvalue weighted by Gasteiger charge is -2.19. The van der Waals surface area contributed by atoms with Gasteiger partial charge in [-0.1, -0.05) is 40.2 Å². The van der Waals surface area contributed by atoms with E-state index >= 15 is 0 Å². The standard InChI is InChI=1S/C35H29BrN2O6/c1-18-12-23(36)15-26-27(35(42)44-17-29(39)20-4-3-5-25(14-20)43-2)16-28(37-32(18)26)19-8-10-24(11-9-19)38-33(40)30-21-6-7-22(13-21)31(30)34(38)41/h3-5,8-12,14-16,21-22,30-31H,6-7,13,17H2,1-2H3. The normalized spacial score (nSPS) is 22.0. The summed E-state index contributed by atoms with van der Waals surface area (Å²) in [5, 5.41) is 0.588. The number of benzene rings is 3. The number of nitrogens with zero attached hydrogens (tertiary/aromatic N) is 2. The van der Waals surface area contributed by atoms with Gasteiger partial charge in [0, 0.05) is 21.0 Å². The number of pyridine rings is 1. The van der Waals surface area contributed by atoms with E-state index in [1.54, 1.807) is 48.5 Å². The summed E-state index contributed by atoms with van der Waals surface area (Å²) >= 11 is 3.51. The summed E-state index contributed by atoms with van der Waals surface area (Å²) in [6.07, 6.45) is 3.05. The summed E-state index contributed by atoms with van der Waals surface area (Å²) in [6, 6.07) is 19.2. The molecule has 4 aromatic rings. The number of esters is 1. The Morgan fingerprint density at radius 3 is 2.34 bits per heavy atom. The summed E-state index contributed by atoms with van der Waals surface area (Å²) in [4.78, 5) is 59.1. The lowest BCUT2D eigenvalue weighted by atomic mass is 9.81. The molecular weight excluding hydrogens is 624 g/mol. The second kappa shape index (κ2) is 11.0. The smallest absolute Gasteiger partial charge is 0.339 e. The van der Waals surface area contributed by atoms with Crippen molar-refractivity contribution >= 4 is 56.1 Å². The van der Waals surface area contributed by atoms with Gasteiger partial charge in [0.1, 0.15) is 5.75 Å². The van der Waals surface area contributed by atoms with Crippen molar-refractivity contribution in [1.82, 2.24) is 4.98 Å². The second-order valence-corrected chi connectivity index (χ2v) is 12.8. The van der Waals surface area contributed by atoms with Crippen molar-refractivity contribution < 1.29 is 28.7 Å². The van der Waals surface area contributed by atoms with Crippen molar-refractivity contribution in [3.8, 4) is 17.0 Å². The van der Waals surface area contributed by atoms with Crippen LogP contribution in [-0.4, -0.2) is 42.3 Å². The Kier molecular flexibility index (Phi) is 7.08. The number of aryl methyl sites for hydroxylation is 1. The molecule has 3 aromatic carbocycles. The number of ketones is 1. The minimum Gasteiger partial charge on any atom is -0.497 e. The lowest BCUT2D eigenvalue weighted by molar-refractivity contribution is -0.123. The third-order valence-corrected chi connectivity index (χ3v) is 9.82. The van der Waals surface area contributed by atoms with E-state index in [1.807, 2.05) is 25.1 Å². The van der Waals surface area contributed by atoms with Crippen molar-refractivity contribution in [2.24, 2.45) is 23.7 Å². The van der Waals surface area contributed by atoms with Gasteiger partial charge in [-0.2, -0.15) is 0 Å². The summed E-state index contributed by atoms with van der Waals surface area (Å²) in [7, 11) is 1.52. The Bertz CT molecular complexity index is 1840. The second-order valence-electron chi connectivity index (χ2n) is 11.8. The van der Waals surface area contributed by atoms with Crippen LogP contribution in [0.3, 0.4) is 0 Å². The zero-order chi connectivity index (χ0) is 30.7. The van der Waals surface area contributed by atoms with E-state index < -0.39 is 12.6 Å². The molecule has 4 unspecified atom stereocenters. The first-order valence-electron chi connectivity index (χ1n) is 14.7. The number of hydrogen-bond donors (Lipinski definition) is 0. The van der Waals surface area contributed by atoms with E-state index in [2.05, 4.69) is 15.9 Å².